The molecule has 0 amide bonds. The van der Waals surface area contributed by atoms with Gasteiger partial charge in [0.15, 0.2) is 0 Å². The first kappa shape index (κ1) is 12.9. The second-order valence-corrected chi connectivity index (χ2v) is 5.23. The molecule has 1 N–H and O–H groups in total. The third-order valence-electron chi connectivity index (χ3n) is 2.49. The molecule has 0 saturated heterocycles. The summed E-state index contributed by atoms with van der Waals surface area (Å²) in [5, 5.41) is 12.9. The molecule has 0 saturated carbocycles. The lowest BCUT2D eigenvalue weighted by Gasteiger charge is -2.11. The van der Waals surface area contributed by atoms with Gasteiger partial charge in [0.2, 0.25) is 0 Å². The molecular formula is C14H10BrClN2. The van der Waals surface area contributed by atoms with Crippen LogP contribution in [0.2, 0.25) is 5.02 Å². The maximum Gasteiger partial charge on any atom is 0.101 e. The molecule has 0 spiro atoms. The number of rotatable bonds is 2. The number of anilines is 2. The van der Waals surface area contributed by atoms with E-state index in [0.29, 0.717) is 10.6 Å². The molecule has 4 heteroatoms. The minimum absolute atomic E-state index is 0.579. The zero-order chi connectivity index (χ0) is 13.1. The van der Waals surface area contributed by atoms with Crippen LogP contribution in [0.5, 0.6) is 0 Å². The van der Waals surface area contributed by atoms with Crippen LogP contribution >= 0.6 is 27.5 Å². The van der Waals surface area contributed by atoms with E-state index < -0.39 is 0 Å². The smallest absolute Gasteiger partial charge is 0.101 e. The van der Waals surface area contributed by atoms with Crippen molar-refractivity contribution in [1.29, 1.82) is 5.26 Å². The molecular weight excluding hydrogens is 312 g/mol. The van der Waals surface area contributed by atoms with Gasteiger partial charge in [-0.05, 0) is 42.8 Å². The van der Waals surface area contributed by atoms with Gasteiger partial charge in [-0.3, -0.25) is 0 Å². The van der Waals surface area contributed by atoms with E-state index in [2.05, 4.69) is 27.3 Å². The highest BCUT2D eigenvalue weighted by Crippen LogP contribution is 2.29. The monoisotopic (exact) mass is 320 g/mol. The van der Waals surface area contributed by atoms with Crippen molar-refractivity contribution in [2.45, 2.75) is 6.92 Å². The molecule has 2 nitrogen and oxygen atoms in total. The van der Waals surface area contributed by atoms with Gasteiger partial charge >= 0.3 is 0 Å². The molecule has 0 aliphatic heterocycles. The maximum absolute atomic E-state index is 9.07. The quantitative estimate of drug-likeness (QED) is 0.842. The third kappa shape index (κ3) is 2.84. The summed E-state index contributed by atoms with van der Waals surface area (Å²) in [6.07, 6.45) is 0. The Balaban J connectivity index is 2.43. The Morgan fingerprint density at radius 1 is 1.17 bits per heavy atom. The second-order valence-electron chi connectivity index (χ2n) is 3.91. The molecule has 0 aromatic heterocycles. The number of nitriles is 1. The highest BCUT2D eigenvalue weighted by molar-refractivity contribution is 9.10. The van der Waals surface area contributed by atoms with Crippen LogP contribution in [0, 0.1) is 18.3 Å². The minimum atomic E-state index is 0.579. The van der Waals surface area contributed by atoms with E-state index in [-0.39, 0.29) is 0 Å². The molecule has 2 rings (SSSR count). The lowest BCUT2D eigenvalue weighted by molar-refractivity contribution is 1.42. The Morgan fingerprint density at radius 2 is 1.94 bits per heavy atom. The largest absolute Gasteiger partial charge is 0.353 e. The summed E-state index contributed by atoms with van der Waals surface area (Å²) in [7, 11) is 0. The predicted octanol–water partition coefficient (Wildman–Crippen LogP) is 5.03. The van der Waals surface area contributed by atoms with E-state index in [1.165, 1.54) is 0 Å². The van der Waals surface area contributed by atoms with E-state index in [1.54, 1.807) is 6.07 Å². The van der Waals surface area contributed by atoms with Crippen LogP contribution in [0.1, 0.15) is 11.1 Å². The van der Waals surface area contributed by atoms with Crippen LogP contribution in [0.3, 0.4) is 0 Å². The lowest BCUT2D eigenvalue weighted by atomic mass is 10.1. The Morgan fingerprint density at radius 3 is 2.67 bits per heavy atom. The lowest BCUT2D eigenvalue weighted by Crippen LogP contribution is -1.95. The average molecular weight is 322 g/mol. The van der Waals surface area contributed by atoms with Gasteiger partial charge in [0.1, 0.15) is 6.07 Å². The van der Waals surface area contributed by atoms with E-state index in [0.717, 1.165) is 21.4 Å². The number of hydrogen-bond donors (Lipinski definition) is 1. The molecule has 2 aromatic carbocycles. The van der Waals surface area contributed by atoms with Crippen molar-refractivity contribution in [1.82, 2.24) is 0 Å². The van der Waals surface area contributed by atoms with Gasteiger partial charge in [-0.1, -0.05) is 33.6 Å². The van der Waals surface area contributed by atoms with Crippen LogP contribution in [0.15, 0.2) is 40.9 Å². The van der Waals surface area contributed by atoms with Crippen molar-refractivity contribution in [3.05, 3.63) is 57.0 Å². The van der Waals surface area contributed by atoms with Crippen LogP contribution < -0.4 is 5.32 Å². The number of nitrogens with one attached hydrogen (secondary N) is 1. The van der Waals surface area contributed by atoms with E-state index in [4.69, 9.17) is 16.9 Å². The van der Waals surface area contributed by atoms with Gasteiger partial charge in [0, 0.05) is 4.47 Å². The Bertz CT molecular complexity index is 632. The topological polar surface area (TPSA) is 35.8 Å². The Kier molecular flexibility index (Phi) is 3.90. The summed E-state index contributed by atoms with van der Waals surface area (Å²) in [4.78, 5) is 0. The highest BCUT2D eigenvalue weighted by atomic mass is 79.9. The predicted molar refractivity (Wildman–Crippen MR) is 78.3 cm³/mol. The SMILES string of the molecule is Cc1ccc(Cl)c(Nc2cc(Br)ccc2C#N)c1. The zero-order valence-electron chi connectivity index (χ0n) is 9.67. The van der Waals surface area contributed by atoms with Gasteiger partial charge in [-0.2, -0.15) is 5.26 Å². The Labute approximate surface area is 119 Å². The van der Waals surface area contributed by atoms with Gasteiger partial charge in [0.05, 0.1) is 22.0 Å². The van der Waals surface area contributed by atoms with E-state index in [1.807, 2.05) is 37.3 Å². The molecule has 0 fully saturated rings. The third-order valence-corrected chi connectivity index (χ3v) is 3.32. The van der Waals surface area contributed by atoms with E-state index in [9.17, 15) is 0 Å². The molecule has 18 heavy (non-hydrogen) atoms. The fourth-order valence-corrected chi connectivity index (χ4v) is 2.12. The first-order valence-electron chi connectivity index (χ1n) is 5.33. The van der Waals surface area contributed by atoms with Gasteiger partial charge in [0.25, 0.3) is 0 Å². The van der Waals surface area contributed by atoms with E-state index >= 15 is 0 Å². The van der Waals surface area contributed by atoms with Gasteiger partial charge in [-0.15, -0.1) is 0 Å². The van der Waals surface area contributed by atoms with Crippen molar-refractivity contribution in [2.75, 3.05) is 5.32 Å². The summed E-state index contributed by atoms with van der Waals surface area (Å²) in [5.41, 5.74) is 3.22. The van der Waals surface area contributed by atoms with Crippen molar-refractivity contribution >= 4 is 38.9 Å². The van der Waals surface area contributed by atoms with Gasteiger partial charge < -0.3 is 5.32 Å². The molecule has 0 aliphatic rings. The number of aryl methyl sites for hydroxylation is 1. The summed E-state index contributed by atoms with van der Waals surface area (Å²) in [6, 6.07) is 13.3. The highest BCUT2D eigenvalue weighted by Gasteiger charge is 2.06. The molecule has 0 aliphatic carbocycles. The number of halogens is 2. The summed E-state index contributed by atoms with van der Waals surface area (Å²) in [6.45, 7) is 1.99. The zero-order valence-corrected chi connectivity index (χ0v) is 12.0. The normalized spacial score (nSPS) is 9.89. The maximum atomic E-state index is 9.07. The van der Waals surface area contributed by atoms with Gasteiger partial charge in [-0.25, -0.2) is 0 Å². The van der Waals surface area contributed by atoms with Crippen LogP contribution in [0.4, 0.5) is 11.4 Å². The fourth-order valence-electron chi connectivity index (χ4n) is 1.60. The van der Waals surface area contributed by atoms with Crippen LogP contribution in [0.25, 0.3) is 0 Å². The van der Waals surface area contributed by atoms with Crippen molar-refractivity contribution < 1.29 is 0 Å². The number of hydrogen-bond acceptors (Lipinski definition) is 2. The van der Waals surface area contributed by atoms with Crippen molar-refractivity contribution in [3.8, 4) is 6.07 Å². The van der Waals surface area contributed by atoms with Crippen LogP contribution in [-0.2, 0) is 0 Å². The first-order valence-corrected chi connectivity index (χ1v) is 6.50. The van der Waals surface area contributed by atoms with Crippen molar-refractivity contribution in [3.63, 3.8) is 0 Å². The Hall–Kier alpha value is -1.50. The number of benzene rings is 2. The molecule has 0 unspecified atom stereocenters. The second kappa shape index (κ2) is 5.43. The first-order chi connectivity index (χ1) is 8.60. The molecule has 0 radical (unpaired) electrons. The summed E-state index contributed by atoms with van der Waals surface area (Å²) < 4.78 is 0.910. The minimum Gasteiger partial charge on any atom is -0.353 e. The van der Waals surface area contributed by atoms with Crippen LogP contribution in [-0.4, -0.2) is 0 Å². The molecule has 90 valence electrons. The molecule has 0 atom stereocenters. The molecule has 0 bridgehead atoms. The average Bonchev–Trinajstić information content (AvgIpc) is 2.34. The molecule has 0 heterocycles. The fraction of sp³-hybridized carbons (Fsp3) is 0.0714. The number of nitrogens with zero attached hydrogens (tertiary/aromatic N) is 1. The molecule has 2 aromatic rings. The summed E-state index contributed by atoms with van der Waals surface area (Å²) in [5.74, 6) is 0. The van der Waals surface area contributed by atoms with Crippen molar-refractivity contribution in [2.24, 2.45) is 0 Å². The standard InChI is InChI=1S/C14H10BrClN2/c1-9-2-5-12(16)14(6-9)18-13-7-11(15)4-3-10(13)8-17/h2-7,18H,1H3. The summed E-state index contributed by atoms with van der Waals surface area (Å²) >= 11 is 9.51.